The molecule has 17 nitrogen and oxygen atoms in total. The fourth-order valence-electron chi connectivity index (χ4n) is 5.52. The van der Waals surface area contributed by atoms with Gasteiger partial charge in [-0.05, 0) is 49.2 Å². The molecule has 0 bridgehead atoms. The van der Waals surface area contributed by atoms with E-state index in [0.717, 1.165) is 0 Å². The maximum atomic E-state index is 13.3. The molecule has 294 valence electrons. The predicted octanol–water partition coefficient (Wildman–Crippen LogP) is 2.00. The third-order valence-electron chi connectivity index (χ3n) is 8.48. The normalized spacial score (nSPS) is 12.2. The van der Waals surface area contributed by atoms with Gasteiger partial charge in [-0.2, -0.15) is 0 Å². The highest BCUT2D eigenvalue weighted by molar-refractivity contribution is 6.10. The van der Waals surface area contributed by atoms with Crippen molar-refractivity contribution in [3.63, 3.8) is 0 Å². The van der Waals surface area contributed by atoms with Gasteiger partial charge in [0, 0.05) is 58.5 Å². The van der Waals surface area contributed by atoms with E-state index in [1.807, 2.05) is 0 Å². The molecule has 0 unspecified atom stereocenters. The van der Waals surface area contributed by atoms with E-state index in [0.29, 0.717) is 24.5 Å². The SMILES string of the molecule is O=C(CCCNC(=O)c1cccc(O)c1O)OCCN(CCOC(=O)CCCNC(=O)c1cccc(O)c1O)CCC(=O)N1CCN=C1c1ccccc1O. The molecular weight excluding hydrogens is 718 g/mol. The lowest BCUT2D eigenvalue weighted by Gasteiger charge is -2.24. The number of para-hydroxylation sites is 3. The Hall–Kier alpha value is -6.36. The number of hydrogen-bond donors (Lipinski definition) is 7. The lowest BCUT2D eigenvalue weighted by atomic mass is 10.1. The first-order chi connectivity index (χ1) is 26.5. The van der Waals surface area contributed by atoms with Crippen LogP contribution in [0.25, 0.3) is 0 Å². The Morgan fingerprint density at radius 1 is 0.655 bits per heavy atom. The number of phenols is 5. The Labute approximate surface area is 316 Å². The highest BCUT2D eigenvalue weighted by Gasteiger charge is 2.27. The summed E-state index contributed by atoms with van der Waals surface area (Å²) < 4.78 is 10.7. The number of phenolic OH excluding ortho intramolecular Hbond substituents is 5. The van der Waals surface area contributed by atoms with Gasteiger partial charge >= 0.3 is 11.9 Å². The number of ether oxygens (including phenoxy) is 2. The lowest BCUT2D eigenvalue weighted by Crippen LogP contribution is -2.39. The molecular formula is C38H45N5O12. The number of carbonyl (C=O) groups excluding carboxylic acids is 5. The van der Waals surface area contributed by atoms with Gasteiger partial charge in [0.1, 0.15) is 24.8 Å². The number of nitrogens with one attached hydrogen (secondary N) is 2. The lowest BCUT2D eigenvalue weighted by molar-refractivity contribution is -0.144. The zero-order valence-corrected chi connectivity index (χ0v) is 30.1. The Morgan fingerprint density at radius 3 is 1.69 bits per heavy atom. The molecule has 3 aromatic rings. The molecule has 0 aliphatic carbocycles. The summed E-state index contributed by atoms with van der Waals surface area (Å²) in [6, 6.07) is 14.6. The minimum absolute atomic E-state index is 0.00234. The molecule has 1 aliphatic rings. The van der Waals surface area contributed by atoms with Gasteiger partial charge in [0.05, 0.1) is 23.2 Å². The van der Waals surface area contributed by atoms with Gasteiger partial charge in [-0.25, -0.2) is 0 Å². The number of rotatable bonds is 20. The molecule has 1 aliphatic heterocycles. The molecule has 0 aromatic heterocycles. The first-order valence-electron chi connectivity index (χ1n) is 17.7. The number of esters is 2. The fourth-order valence-corrected chi connectivity index (χ4v) is 5.52. The highest BCUT2D eigenvalue weighted by atomic mass is 16.5. The van der Waals surface area contributed by atoms with E-state index in [1.54, 1.807) is 23.1 Å². The average Bonchev–Trinajstić information content (AvgIpc) is 3.66. The summed E-state index contributed by atoms with van der Waals surface area (Å²) in [5.41, 5.74) is 0.239. The van der Waals surface area contributed by atoms with Crippen molar-refractivity contribution in [1.29, 1.82) is 0 Å². The second-order valence-electron chi connectivity index (χ2n) is 12.4. The highest BCUT2D eigenvalue weighted by Crippen LogP contribution is 2.29. The largest absolute Gasteiger partial charge is 0.507 e. The molecule has 0 saturated carbocycles. The van der Waals surface area contributed by atoms with E-state index in [9.17, 15) is 49.5 Å². The van der Waals surface area contributed by atoms with E-state index in [1.165, 1.54) is 47.4 Å². The molecule has 7 N–H and O–H groups in total. The molecule has 55 heavy (non-hydrogen) atoms. The third kappa shape index (κ3) is 12.3. The molecule has 0 radical (unpaired) electrons. The van der Waals surface area contributed by atoms with Crippen LogP contribution in [0.15, 0.2) is 65.7 Å². The van der Waals surface area contributed by atoms with Crippen LogP contribution in [0.5, 0.6) is 28.7 Å². The van der Waals surface area contributed by atoms with Crippen molar-refractivity contribution < 1.29 is 59.0 Å². The molecule has 17 heteroatoms. The number of amidine groups is 1. The molecule has 3 aromatic carbocycles. The van der Waals surface area contributed by atoms with Crippen LogP contribution in [-0.4, -0.2) is 130 Å². The van der Waals surface area contributed by atoms with E-state index in [-0.39, 0.29) is 101 Å². The quantitative estimate of drug-likeness (QED) is 0.0495. The first-order valence-corrected chi connectivity index (χ1v) is 17.7. The van der Waals surface area contributed by atoms with Crippen LogP contribution >= 0.6 is 0 Å². The van der Waals surface area contributed by atoms with Crippen molar-refractivity contribution in [3.05, 3.63) is 77.4 Å². The number of hydrogen-bond acceptors (Lipinski definition) is 14. The van der Waals surface area contributed by atoms with Crippen molar-refractivity contribution in [2.45, 2.75) is 32.1 Å². The van der Waals surface area contributed by atoms with Crippen molar-refractivity contribution >= 4 is 35.5 Å². The summed E-state index contributed by atoms with van der Waals surface area (Å²) in [5.74, 6) is -4.07. The summed E-state index contributed by atoms with van der Waals surface area (Å²) in [5, 5.41) is 54.3. The fraction of sp³-hybridized carbons (Fsp3) is 0.368. The number of carbonyl (C=O) groups is 5. The monoisotopic (exact) mass is 763 g/mol. The zero-order chi connectivity index (χ0) is 39.7. The van der Waals surface area contributed by atoms with Gasteiger partial charge in [-0.15, -0.1) is 0 Å². The topological polar surface area (TPSA) is 248 Å². The van der Waals surface area contributed by atoms with E-state index < -0.39 is 46.8 Å². The molecule has 0 spiro atoms. The average molecular weight is 764 g/mol. The second-order valence-corrected chi connectivity index (χ2v) is 12.4. The van der Waals surface area contributed by atoms with Crippen LogP contribution in [-0.2, 0) is 23.9 Å². The van der Waals surface area contributed by atoms with Gasteiger partial charge in [-0.3, -0.25) is 38.8 Å². The Morgan fingerprint density at radius 2 is 1.16 bits per heavy atom. The smallest absolute Gasteiger partial charge is 0.305 e. The molecule has 0 atom stereocenters. The molecule has 0 fully saturated rings. The maximum Gasteiger partial charge on any atom is 0.305 e. The predicted molar refractivity (Wildman–Crippen MR) is 197 cm³/mol. The third-order valence-corrected chi connectivity index (χ3v) is 8.48. The Balaban J connectivity index is 1.22. The molecule has 3 amide bonds. The number of nitrogens with zero attached hydrogens (tertiary/aromatic N) is 3. The van der Waals surface area contributed by atoms with E-state index >= 15 is 0 Å². The summed E-state index contributed by atoms with van der Waals surface area (Å²) >= 11 is 0. The van der Waals surface area contributed by atoms with Crippen molar-refractivity contribution in [2.75, 3.05) is 59.0 Å². The van der Waals surface area contributed by atoms with Crippen LogP contribution in [0, 0.1) is 0 Å². The van der Waals surface area contributed by atoms with Gasteiger partial charge in [-0.1, -0.05) is 24.3 Å². The summed E-state index contributed by atoms with van der Waals surface area (Å²) in [4.78, 5) is 70.4. The van der Waals surface area contributed by atoms with E-state index in [2.05, 4.69) is 15.6 Å². The van der Waals surface area contributed by atoms with Gasteiger partial charge in [0.25, 0.3) is 11.8 Å². The summed E-state index contributed by atoms with van der Waals surface area (Å²) in [6.45, 7) is 1.52. The maximum absolute atomic E-state index is 13.3. The number of benzene rings is 3. The molecule has 1 heterocycles. The van der Waals surface area contributed by atoms with Gasteiger partial charge in [0.15, 0.2) is 23.0 Å². The first kappa shape index (κ1) is 41.4. The minimum Gasteiger partial charge on any atom is -0.507 e. The Bertz CT molecular complexity index is 1780. The molecule has 4 rings (SSSR count). The van der Waals surface area contributed by atoms with Crippen LogP contribution in [0.2, 0.25) is 0 Å². The number of aliphatic imine (C=N–C) groups is 1. The minimum atomic E-state index is -0.613. The molecule has 0 saturated heterocycles. The van der Waals surface area contributed by atoms with Crippen molar-refractivity contribution in [2.24, 2.45) is 4.99 Å². The number of aromatic hydroxyl groups is 5. The van der Waals surface area contributed by atoms with Crippen LogP contribution in [0.3, 0.4) is 0 Å². The van der Waals surface area contributed by atoms with Gasteiger partial charge < -0.3 is 45.6 Å². The standard InChI is InChI=1S/C38H45N5O12/c44-28-10-2-1-7-25(28)36-39-18-20-43(36)31(47)15-19-42(21-23-54-32(48)13-5-16-40-37(52)26-8-3-11-29(45)34(26)50)22-24-55-33(49)14-6-17-41-38(53)27-9-4-12-30(46)35(27)51/h1-4,7-12,44-46,50-51H,5-6,13-24H2,(H,40,52)(H,41,53). The van der Waals surface area contributed by atoms with Gasteiger partial charge in [0.2, 0.25) is 5.91 Å². The zero-order valence-electron chi connectivity index (χ0n) is 30.1. The van der Waals surface area contributed by atoms with Crippen LogP contribution < -0.4 is 10.6 Å². The van der Waals surface area contributed by atoms with E-state index in [4.69, 9.17) is 9.47 Å². The van der Waals surface area contributed by atoms with Crippen molar-refractivity contribution in [3.8, 4) is 28.7 Å². The number of amides is 3. The Kier molecular flexibility index (Phi) is 15.6. The summed E-state index contributed by atoms with van der Waals surface area (Å²) in [7, 11) is 0. The van der Waals surface area contributed by atoms with Crippen LogP contribution in [0.4, 0.5) is 0 Å². The van der Waals surface area contributed by atoms with Crippen LogP contribution in [0.1, 0.15) is 58.4 Å². The van der Waals surface area contributed by atoms with Crippen molar-refractivity contribution in [1.82, 2.24) is 20.4 Å². The summed E-state index contributed by atoms with van der Waals surface area (Å²) in [6.07, 6.45) is 0.522. The second kappa shape index (κ2) is 20.8.